The van der Waals surface area contributed by atoms with Gasteiger partial charge in [-0.2, -0.15) is 0 Å². The summed E-state index contributed by atoms with van der Waals surface area (Å²) in [6.07, 6.45) is 0. The highest BCUT2D eigenvalue weighted by Crippen LogP contribution is 2.14. The molecular formula is C16H27N3O. The van der Waals surface area contributed by atoms with Gasteiger partial charge in [0.1, 0.15) is 0 Å². The van der Waals surface area contributed by atoms with E-state index >= 15 is 0 Å². The quantitative estimate of drug-likeness (QED) is 0.802. The van der Waals surface area contributed by atoms with Crippen molar-refractivity contribution < 1.29 is 4.79 Å². The van der Waals surface area contributed by atoms with Crippen molar-refractivity contribution in [2.24, 2.45) is 5.41 Å². The molecule has 0 spiro atoms. The van der Waals surface area contributed by atoms with E-state index in [1.54, 1.807) is 0 Å². The fourth-order valence-electron chi connectivity index (χ4n) is 2.27. The highest BCUT2D eigenvalue weighted by molar-refractivity contribution is 5.92. The molecule has 0 heterocycles. The van der Waals surface area contributed by atoms with Gasteiger partial charge in [-0.15, -0.1) is 0 Å². The zero-order valence-corrected chi connectivity index (χ0v) is 13.3. The Morgan fingerprint density at radius 2 is 1.80 bits per heavy atom. The van der Waals surface area contributed by atoms with E-state index in [0.29, 0.717) is 6.54 Å². The van der Waals surface area contributed by atoms with Gasteiger partial charge in [-0.05, 0) is 38.6 Å². The minimum absolute atomic E-state index is 0.00509. The van der Waals surface area contributed by atoms with Crippen LogP contribution in [0.25, 0.3) is 0 Å². The number of hydrogen-bond donors (Lipinski definition) is 2. The first kappa shape index (κ1) is 16.7. The molecule has 112 valence electrons. The predicted octanol–water partition coefficient (Wildman–Crippen LogP) is 2.11. The third kappa shape index (κ3) is 6.68. The average molecular weight is 277 g/mol. The lowest BCUT2D eigenvalue weighted by atomic mass is 9.93. The summed E-state index contributed by atoms with van der Waals surface area (Å²) in [5.41, 5.74) is 2.18. The molecule has 4 heteroatoms. The molecular weight excluding hydrogens is 250 g/mol. The number of rotatable bonds is 7. The minimum Gasteiger partial charge on any atom is -0.325 e. The fourth-order valence-corrected chi connectivity index (χ4v) is 2.27. The standard InChI is InChI=1S/C16H27N3O/c1-13-6-8-14(9-7-13)18-15(20)10-17-11-16(2,3)12-19(4)5/h6-9,17H,10-12H2,1-5H3,(H,18,20). The summed E-state index contributed by atoms with van der Waals surface area (Å²) in [4.78, 5) is 14.0. The molecule has 0 aliphatic carbocycles. The van der Waals surface area contributed by atoms with Crippen LogP contribution in [0.15, 0.2) is 24.3 Å². The normalized spacial score (nSPS) is 11.7. The van der Waals surface area contributed by atoms with E-state index in [0.717, 1.165) is 18.8 Å². The van der Waals surface area contributed by atoms with Crippen molar-refractivity contribution in [2.45, 2.75) is 20.8 Å². The van der Waals surface area contributed by atoms with Crippen LogP contribution in [0.5, 0.6) is 0 Å². The molecule has 20 heavy (non-hydrogen) atoms. The molecule has 0 aromatic heterocycles. The molecule has 0 aliphatic rings. The molecule has 1 aromatic rings. The largest absolute Gasteiger partial charge is 0.325 e. The Labute approximate surface area is 122 Å². The monoisotopic (exact) mass is 277 g/mol. The first-order valence-electron chi connectivity index (χ1n) is 7.00. The third-order valence-corrected chi connectivity index (χ3v) is 2.97. The second-order valence-corrected chi connectivity index (χ2v) is 6.42. The van der Waals surface area contributed by atoms with Gasteiger partial charge in [-0.3, -0.25) is 4.79 Å². The Balaban J connectivity index is 2.31. The lowest BCUT2D eigenvalue weighted by molar-refractivity contribution is -0.115. The van der Waals surface area contributed by atoms with Gasteiger partial charge in [0.25, 0.3) is 0 Å². The van der Waals surface area contributed by atoms with Crippen LogP contribution in [0.2, 0.25) is 0 Å². The summed E-state index contributed by atoms with van der Waals surface area (Å²) >= 11 is 0. The summed E-state index contributed by atoms with van der Waals surface area (Å²) < 4.78 is 0. The molecule has 2 N–H and O–H groups in total. The van der Waals surface area contributed by atoms with E-state index in [1.165, 1.54) is 5.56 Å². The summed E-state index contributed by atoms with van der Waals surface area (Å²) in [6, 6.07) is 7.82. The number of amides is 1. The Kier molecular flexibility index (Phi) is 6.17. The van der Waals surface area contributed by atoms with Crippen molar-refractivity contribution in [3.8, 4) is 0 Å². The molecule has 0 unspecified atom stereocenters. The minimum atomic E-state index is -0.00509. The maximum atomic E-state index is 11.8. The van der Waals surface area contributed by atoms with Gasteiger partial charge in [-0.1, -0.05) is 31.5 Å². The van der Waals surface area contributed by atoms with Crippen LogP contribution < -0.4 is 10.6 Å². The second kappa shape index (κ2) is 7.41. The SMILES string of the molecule is Cc1ccc(NC(=O)CNCC(C)(C)CN(C)C)cc1. The van der Waals surface area contributed by atoms with Crippen molar-refractivity contribution in [3.05, 3.63) is 29.8 Å². The van der Waals surface area contributed by atoms with Crippen LogP contribution in [-0.4, -0.2) is 44.5 Å². The molecule has 0 radical (unpaired) electrons. The number of hydrogen-bond acceptors (Lipinski definition) is 3. The first-order valence-corrected chi connectivity index (χ1v) is 7.00. The van der Waals surface area contributed by atoms with Gasteiger partial charge >= 0.3 is 0 Å². The lowest BCUT2D eigenvalue weighted by Gasteiger charge is -2.28. The van der Waals surface area contributed by atoms with Gasteiger partial charge in [0.05, 0.1) is 6.54 Å². The molecule has 4 nitrogen and oxygen atoms in total. The van der Waals surface area contributed by atoms with Crippen molar-refractivity contribution in [1.29, 1.82) is 0 Å². The summed E-state index contributed by atoms with van der Waals surface area (Å²) in [6.45, 7) is 8.55. The van der Waals surface area contributed by atoms with Crippen molar-refractivity contribution >= 4 is 11.6 Å². The van der Waals surface area contributed by atoms with E-state index in [2.05, 4.69) is 43.5 Å². The van der Waals surface area contributed by atoms with Gasteiger partial charge in [0, 0.05) is 18.8 Å². The molecule has 1 aromatic carbocycles. The van der Waals surface area contributed by atoms with Crippen molar-refractivity contribution in [2.75, 3.05) is 39.0 Å². The lowest BCUT2D eigenvalue weighted by Crippen LogP contribution is -2.40. The molecule has 0 saturated heterocycles. The van der Waals surface area contributed by atoms with Crippen LogP contribution in [-0.2, 0) is 4.79 Å². The van der Waals surface area contributed by atoms with Crippen LogP contribution >= 0.6 is 0 Å². The molecule has 0 bridgehead atoms. The van der Waals surface area contributed by atoms with E-state index in [-0.39, 0.29) is 11.3 Å². The van der Waals surface area contributed by atoms with Crippen LogP contribution in [0.4, 0.5) is 5.69 Å². The Bertz CT molecular complexity index is 424. The number of benzene rings is 1. The van der Waals surface area contributed by atoms with Gasteiger partial charge in [0.15, 0.2) is 0 Å². The molecule has 0 aliphatic heterocycles. The molecule has 1 rings (SSSR count). The molecule has 0 fully saturated rings. The molecule has 1 amide bonds. The van der Waals surface area contributed by atoms with Gasteiger partial charge in [0.2, 0.25) is 5.91 Å². The molecule has 0 saturated carbocycles. The zero-order chi connectivity index (χ0) is 15.2. The number of carbonyl (C=O) groups excluding carboxylic acids is 1. The smallest absolute Gasteiger partial charge is 0.238 e. The summed E-state index contributed by atoms with van der Waals surface area (Å²) in [5, 5.41) is 6.11. The average Bonchev–Trinajstić information content (AvgIpc) is 2.30. The van der Waals surface area contributed by atoms with E-state index in [4.69, 9.17) is 0 Å². The van der Waals surface area contributed by atoms with Crippen LogP contribution in [0.3, 0.4) is 0 Å². The van der Waals surface area contributed by atoms with E-state index < -0.39 is 0 Å². The number of aryl methyl sites for hydroxylation is 1. The predicted molar refractivity (Wildman–Crippen MR) is 85.0 cm³/mol. The number of nitrogens with one attached hydrogen (secondary N) is 2. The second-order valence-electron chi connectivity index (χ2n) is 6.42. The Morgan fingerprint density at radius 3 is 2.35 bits per heavy atom. The van der Waals surface area contributed by atoms with Gasteiger partial charge < -0.3 is 15.5 Å². The summed E-state index contributed by atoms with van der Waals surface area (Å²) in [5.74, 6) is -0.00509. The van der Waals surface area contributed by atoms with E-state index in [1.807, 2.05) is 31.2 Å². The van der Waals surface area contributed by atoms with Crippen molar-refractivity contribution in [3.63, 3.8) is 0 Å². The number of carbonyl (C=O) groups is 1. The van der Waals surface area contributed by atoms with Gasteiger partial charge in [-0.25, -0.2) is 0 Å². The molecule has 0 atom stereocenters. The number of nitrogens with zero attached hydrogens (tertiary/aromatic N) is 1. The third-order valence-electron chi connectivity index (χ3n) is 2.97. The number of anilines is 1. The Morgan fingerprint density at radius 1 is 1.20 bits per heavy atom. The van der Waals surface area contributed by atoms with Crippen LogP contribution in [0.1, 0.15) is 19.4 Å². The zero-order valence-electron chi connectivity index (χ0n) is 13.3. The van der Waals surface area contributed by atoms with Crippen molar-refractivity contribution in [1.82, 2.24) is 10.2 Å². The highest BCUT2D eigenvalue weighted by atomic mass is 16.1. The maximum Gasteiger partial charge on any atom is 0.238 e. The first-order chi connectivity index (χ1) is 9.28. The maximum absolute atomic E-state index is 11.8. The summed E-state index contributed by atoms with van der Waals surface area (Å²) in [7, 11) is 4.12. The Hall–Kier alpha value is -1.39. The van der Waals surface area contributed by atoms with Crippen LogP contribution in [0, 0.1) is 12.3 Å². The fraction of sp³-hybridized carbons (Fsp3) is 0.562. The highest BCUT2D eigenvalue weighted by Gasteiger charge is 2.18. The van der Waals surface area contributed by atoms with E-state index in [9.17, 15) is 4.79 Å². The topological polar surface area (TPSA) is 44.4 Å².